The highest BCUT2D eigenvalue weighted by molar-refractivity contribution is 7.89. The summed E-state index contributed by atoms with van der Waals surface area (Å²) < 4.78 is 26.3. The maximum atomic E-state index is 12.5. The van der Waals surface area contributed by atoms with Crippen LogP contribution < -0.4 is 0 Å². The molecule has 0 bridgehead atoms. The summed E-state index contributed by atoms with van der Waals surface area (Å²) in [6, 6.07) is 4.56. The van der Waals surface area contributed by atoms with Crippen molar-refractivity contribution < 1.29 is 18.0 Å². The van der Waals surface area contributed by atoms with E-state index < -0.39 is 10.0 Å². The molecule has 0 aliphatic rings. The molecule has 0 saturated heterocycles. The third-order valence-electron chi connectivity index (χ3n) is 3.34. The number of aryl methyl sites for hydroxylation is 1. The van der Waals surface area contributed by atoms with E-state index in [9.17, 15) is 13.2 Å². The van der Waals surface area contributed by atoms with Crippen LogP contribution in [0.5, 0.6) is 0 Å². The topological polar surface area (TPSA) is 66.9 Å². The lowest BCUT2D eigenvalue weighted by molar-refractivity contribution is -0.0757. The molecule has 1 rings (SSSR count). The minimum Gasteiger partial charge on any atom is -0.274 e. The fourth-order valence-electron chi connectivity index (χ4n) is 1.96. The quantitative estimate of drug-likeness (QED) is 0.749. The zero-order valence-electron chi connectivity index (χ0n) is 13.1. The second-order valence-electron chi connectivity index (χ2n) is 4.55. The van der Waals surface area contributed by atoms with Gasteiger partial charge in [-0.3, -0.25) is 9.63 Å². The maximum absolute atomic E-state index is 12.5. The number of carbonyl (C=O) groups excluding carboxylic acids is 1. The summed E-state index contributed by atoms with van der Waals surface area (Å²) in [5.41, 5.74) is 1.01. The molecule has 0 N–H and O–H groups in total. The van der Waals surface area contributed by atoms with Crippen molar-refractivity contribution in [3.05, 3.63) is 29.3 Å². The molecule has 21 heavy (non-hydrogen) atoms. The Kier molecular flexibility index (Phi) is 5.88. The first-order valence-corrected chi connectivity index (χ1v) is 8.16. The second kappa shape index (κ2) is 7.02. The van der Waals surface area contributed by atoms with Crippen molar-refractivity contribution in [2.45, 2.75) is 25.7 Å². The van der Waals surface area contributed by atoms with Crippen LogP contribution in [0.15, 0.2) is 23.1 Å². The molecule has 0 aliphatic heterocycles. The number of hydrogen-bond donors (Lipinski definition) is 0. The fourth-order valence-corrected chi connectivity index (χ4v) is 3.44. The first kappa shape index (κ1) is 17.6. The van der Waals surface area contributed by atoms with Gasteiger partial charge < -0.3 is 0 Å². The Labute approximate surface area is 126 Å². The Bertz CT molecular complexity index is 609. The summed E-state index contributed by atoms with van der Waals surface area (Å²) in [5, 5.41) is 1.07. The number of benzene rings is 1. The molecule has 1 aromatic rings. The lowest BCUT2D eigenvalue weighted by Crippen LogP contribution is -2.31. The molecule has 0 radical (unpaired) electrons. The average molecular weight is 314 g/mol. The SMILES string of the molecule is CCN(CC)S(=O)(=O)c1ccc(C)c(C(=O)N(C)OC)c1. The summed E-state index contributed by atoms with van der Waals surface area (Å²) in [5.74, 6) is -0.383. The van der Waals surface area contributed by atoms with Gasteiger partial charge in [-0.15, -0.1) is 0 Å². The molecule has 7 heteroatoms. The van der Waals surface area contributed by atoms with E-state index in [2.05, 4.69) is 0 Å². The smallest absolute Gasteiger partial charge is 0.274 e. The highest BCUT2D eigenvalue weighted by Gasteiger charge is 2.24. The van der Waals surface area contributed by atoms with E-state index in [-0.39, 0.29) is 10.8 Å². The normalized spacial score (nSPS) is 11.7. The Morgan fingerprint density at radius 1 is 1.24 bits per heavy atom. The predicted octanol–water partition coefficient (Wildman–Crippen LogP) is 1.66. The van der Waals surface area contributed by atoms with Crippen molar-refractivity contribution in [2.75, 3.05) is 27.2 Å². The van der Waals surface area contributed by atoms with Crippen LogP contribution in [-0.2, 0) is 14.9 Å². The van der Waals surface area contributed by atoms with Crippen LogP contribution in [0.2, 0.25) is 0 Å². The molecule has 0 aromatic heterocycles. The van der Waals surface area contributed by atoms with Crippen molar-refractivity contribution in [1.82, 2.24) is 9.37 Å². The molecule has 6 nitrogen and oxygen atoms in total. The van der Waals surface area contributed by atoms with E-state index in [1.165, 1.54) is 30.6 Å². The third-order valence-corrected chi connectivity index (χ3v) is 5.39. The molecule has 0 unspecified atom stereocenters. The minimum atomic E-state index is -3.58. The standard InChI is InChI=1S/C14H22N2O4S/c1-6-16(7-2)21(18,19)12-9-8-11(3)13(10-12)14(17)15(4)20-5/h8-10H,6-7H2,1-5H3. The number of rotatable bonds is 6. The molecular weight excluding hydrogens is 292 g/mol. The summed E-state index contributed by atoms with van der Waals surface area (Å²) in [4.78, 5) is 17.2. The van der Waals surface area contributed by atoms with E-state index in [0.717, 1.165) is 5.06 Å². The summed E-state index contributed by atoms with van der Waals surface area (Å²) in [6.07, 6.45) is 0. The molecular formula is C14H22N2O4S. The van der Waals surface area contributed by atoms with Gasteiger partial charge in [-0.25, -0.2) is 13.5 Å². The van der Waals surface area contributed by atoms with Gasteiger partial charge in [0.2, 0.25) is 10.0 Å². The second-order valence-corrected chi connectivity index (χ2v) is 6.49. The van der Waals surface area contributed by atoms with Crippen molar-refractivity contribution >= 4 is 15.9 Å². The highest BCUT2D eigenvalue weighted by Crippen LogP contribution is 2.20. The zero-order valence-corrected chi connectivity index (χ0v) is 13.9. The summed E-state index contributed by atoms with van der Waals surface area (Å²) in [6.45, 7) is 6.08. The van der Waals surface area contributed by atoms with Crippen molar-refractivity contribution in [1.29, 1.82) is 0 Å². The number of carbonyl (C=O) groups is 1. The first-order chi connectivity index (χ1) is 9.79. The van der Waals surface area contributed by atoms with E-state index in [0.29, 0.717) is 24.2 Å². The van der Waals surface area contributed by atoms with Gasteiger partial charge in [0.25, 0.3) is 5.91 Å². The van der Waals surface area contributed by atoms with Crippen molar-refractivity contribution in [2.24, 2.45) is 0 Å². The molecule has 118 valence electrons. The van der Waals surface area contributed by atoms with Crippen LogP contribution >= 0.6 is 0 Å². The highest BCUT2D eigenvalue weighted by atomic mass is 32.2. The van der Waals surface area contributed by atoms with Crippen LogP contribution in [-0.4, -0.2) is 50.9 Å². The summed E-state index contributed by atoms with van der Waals surface area (Å²) in [7, 11) is -0.726. The van der Waals surface area contributed by atoms with Crippen LogP contribution in [0.4, 0.5) is 0 Å². The molecule has 0 atom stereocenters. The lowest BCUT2D eigenvalue weighted by Gasteiger charge is -2.20. The van der Waals surface area contributed by atoms with Gasteiger partial charge in [-0.05, 0) is 24.6 Å². The van der Waals surface area contributed by atoms with Gasteiger partial charge >= 0.3 is 0 Å². The third kappa shape index (κ3) is 3.61. The first-order valence-electron chi connectivity index (χ1n) is 6.72. The van der Waals surface area contributed by atoms with E-state index in [4.69, 9.17) is 4.84 Å². The maximum Gasteiger partial charge on any atom is 0.277 e. The van der Waals surface area contributed by atoms with E-state index >= 15 is 0 Å². The van der Waals surface area contributed by atoms with Crippen LogP contribution in [0.3, 0.4) is 0 Å². The number of hydroxylamine groups is 2. The van der Waals surface area contributed by atoms with Gasteiger partial charge in [0, 0.05) is 25.7 Å². The van der Waals surface area contributed by atoms with E-state index in [1.54, 1.807) is 26.8 Å². The molecule has 0 aliphatic carbocycles. The number of amides is 1. The lowest BCUT2D eigenvalue weighted by atomic mass is 10.1. The van der Waals surface area contributed by atoms with Crippen LogP contribution in [0.25, 0.3) is 0 Å². The fraction of sp³-hybridized carbons (Fsp3) is 0.500. The minimum absolute atomic E-state index is 0.115. The van der Waals surface area contributed by atoms with E-state index in [1.807, 2.05) is 0 Å². The average Bonchev–Trinajstić information content (AvgIpc) is 2.46. The molecule has 1 amide bonds. The number of hydrogen-bond acceptors (Lipinski definition) is 4. The summed E-state index contributed by atoms with van der Waals surface area (Å²) >= 11 is 0. The van der Waals surface area contributed by atoms with Crippen molar-refractivity contribution in [3.8, 4) is 0 Å². The largest absolute Gasteiger partial charge is 0.277 e. The molecule has 0 saturated carbocycles. The van der Waals surface area contributed by atoms with Crippen LogP contribution in [0, 0.1) is 6.92 Å². The van der Waals surface area contributed by atoms with Gasteiger partial charge in [0.1, 0.15) is 0 Å². The molecule has 1 aromatic carbocycles. The molecule has 0 heterocycles. The van der Waals surface area contributed by atoms with Gasteiger partial charge in [0.05, 0.1) is 12.0 Å². The zero-order chi connectivity index (χ0) is 16.2. The Morgan fingerprint density at radius 2 is 1.81 bits per heavy atom. The van der Waals surface area contributed by atoms with Gasteiger partial charge in [0.15, 0.2) is 0 Å². The van der Waals surface area contributed by atoms with Gasteiger partial charge in [-0.2, -0.15) is 4.31 Å². The molecule has 0 fully saturated rings. The Morgan fingerprint density at radius 3 is 2.29 bits per heavy atom. The molecule has 0 spiro atoms. The number of nitrogens with zero attached hydrogens (tertiary/aromatic N) is 2. The van der Waals surface area contributed by atoms with Crippen LogP contribution in [0.1, 0.15) is 29.8 Å². The van der Waals surface area contributed by atoms with Crippen molar-refractivity contribution in [3.63, 3.8) is 0 Å². The number of sulfonamides is 1. The predicted molar refractivity (Wildman–Crippen MR) is 80.4 cm³/mol. The van der Waals surface area contributed by atoms with Gasteiger partial charge in [-0.1, -0.05) is 19.9 Å². The Hall–Kier alpha value is -1.44. The Balaban J connectivity index is 3.33. The monoisotopic (exact) mass is 314 g/mol.